The molecule has 0 saturated carbocycles. The normalized spacial score (nSPS) is 11.1. The summed E-state index contributed by atoms with van der Waals surface area (Å²) in [4.78, 5) is 26.1. The average molecular weight is 338 g/mol. The maximum Gasteiger partial charge on any atom is 0.273 e. The molecule has 4 heteroatoms. The summed E-state index contributed by atoms with van der Waals surface area (Å²) in [6.45, 7) is 9.63. The SMILES string of the molecule is Cc1ccc(C(=O)N(C)N(C(=O)c2ccccc2C)C(C)(C)C)cc1. The van der Waals surface area contributed by atoms with Crippen LogP contribution in [0.1, 0.15) is 52.6 Å². The molecule has 0 aliphatic heterocycles. The van der Waals surface area contributed by atoms with Crippen LogP contribution in [0.2, 0.25) is 0 Å². The van der Waals surface area contributed by atoms with Crippen LogP contribution < -0.4 is 0 Å². The second-order valence-electron chi connectivity index (χ2n) is 7.30. The number of amides is 2. The molecule has 25 heavy (non-hydrogen) atoms. The van der Waals surface area contributed by atoms with E-state index in [1.165, 1.54) is 10.0 Å². The smallest absolute Gasteiger partial charge is 0.267 e. The first-order chi connectivity index (χ1) is 11.6. The Hall–Kier alpha value is -2.62. The maximum atomic E-state index is 13.2. The molecule has 0 atom stereocenters. The highest BCUT2D eigenvalue weighted by Crippen LogP contribution is 2.22. The molecule has 0 aliphatic rings. The first kappa shape index (κ1) is 18.7. The standard InChI is InChI=1S/C21H26N2O2/c1-15-11-13-17(14-12-15)19(24)22(6)23(21(3,4)5)20(25)18-10-8-7-9-16(18)2/h7-14H,1-6H3. The Labute approximate surface area is 150 Å². The summed E-state index contributed by atoms with van der Waals surface area (Å²) >= 11 is 0. The Morgan fingerprint density at radius 3 is 1.92 bits per heavy atom. The fraction of sp³-hybridized carbons (Fsp3) is 0.333. The van der Waals surface area contributed by atoms with E-state index in [4.69, 9.17) is 0 Å². The lowest BCUT2D eigenvalue weighted by Crippen LogP contribution is -2.56. The number of benzene rings is 2. The predicted octanol–water partition coefficient (Wildman–Crippen LogP) is 4.23. The molecule has 0 aliphatic carbocycles. The number of nitrogens with zero attached hydrogens (tertiary/aromatic N) is 2. The van der Waals surface area contributed by atoms with Crippen molar-refractivity contribution in [2.45, 2.75) is 40.2 Å². The molecule has 0 radical (unpaired) electrons. The van der Waals surface area contributed by atoms with Gasteiger partial charge in [0.05, 0.1) is 5.54 Å². The van der Waals surface area contributed by atoms with Crippen LogP contribution in [-0.4, -0.2) is 34.4 Å². The minimum Gasteiger partial charge on any atom is -0.267 e. The fourth-order valence-corrected chi connectivity index (χ4v) is 2.79. The third kappa shape index (κ3) is 4.08. The van der Waals surface area contributed by atoms with E-state index in [2.05, 4.69) is 0 Å². The highest BCUT2D eigenvalue weighted by molar-refractivity contribution is 6.00. The molecule has 2 amide bonds. The van der Waals surface area contributed by atoms with Crippen molar-refractivity contribution in [2.24, 2.45) is 0 Å². The molecule has 2 aromatic carbocycles. The fourth-order valence-electron chi connectivity index (χ4n) is 2.79. The molecule has 0 aromatic heterocycles. The van der Waals surface area contributed by atoms with E-state index in [0.29, 0.717) is 11.1 Å². The maximum absolute atomic E-state index is 13.2. The van der Waals surface area contributed by atoms with Gasteiger partial charge in [0.15, 0.2) is 0 Å². The summed E-state index contributed by atoms with van der Waals surface area (Å²) in [5.74, 6) is -0.398. The van der Waals surface area contributed by atoms with Crippen LogP contribution in [0.3, 0.4) is 0 Å². The molecular weight excluding hydrogens is 312 g/mol. The largest absolute Gasteiger partial charge is 0.273 e. The summed E-state index contributed by atoms with van der Waals surface area (Å²) < 4.78 is 0. The number of carbonyl (C=O) groups is 2. The first-order valence-electron chi connectivity index (χ1n) is 8.37. The van der Waals surface area contributed by atoms with E-state index in [1.54, 1.807) is 25.2 Å². The van der Waals surface area contributed by atoms with Crippen molar-refractivity contribution in [3.8, 4) is 0 Å². The molecule has 0 heterocycles. The number of hydrogen-bond acceptors (Lipinski definition) is 2. The topological polar surface area (TPSA) is 40.6 Å². The Morgan fingerprint density at radius 2 is 1.40 bits per heavy atom. The number of rotatable bonds is 2. The third-order valence-electron chi connectivity index (χ3n) is 4.10. The summed E-state index contributed by atoms with van der Waals surface area (Å²) in [6.07, 6.45) is 0. The Balaban J connectivity index is 2.40. The van der Waals surface area contributed by atoms with Crippen molar-refractivity contribution in [1.29, 1.82) is 0 Å². The first-order valence-corrected chi connectivity index (χ1v) is 8.37. The van der Waals surface area contributed by atoms with E-state index < -0.39 is 5.54 Å². The van der Waals surface area contributed by atoms with Crippen molar-refractivity contribution in [3.63, 3.8) is 0 Å². The van der Waals surface area contributed by atoms with E-state index in [9.17, 15) is 9.59 Å². The van der Waals surface area contributed by atoms with Crippen molar-refractivity contribution in [1.82, 2.24) is 10.0 Å². The quantitative estimate of drug-likeness (QED) is 0.769. The van der Waals surface area contributed by atoms with Crippen LogP contribution in [0.25, 0.3) is 0 Å². The van der Waals surface area contributed by atoms with Gasteiger partial charge in [0.1, 0.15) is 0 Å². The Bertz CT molecular complexity index is 773. The van der Waals surface area contributed by atoms with Gasteiger partial charge in [-0.25, -0.2) is 10.0 Å². The summed E-state index contributed by atoms with van der Waals surface area (Å²) in [5, 5.41) is 2.94. The molecule has 0 saturated heterocycles. The van der Waals surface area contributed by atoms with Gasteiger partial charge in [-0.05, 0) is 58.4 Å². The lowest BCUT2D eigenvalue weighted by molar-refractivity contribution is -0.0308. The van der Waals surface area contributed by atoms with Crippen LogP contribution in [0.15, 0.2) is 48.5 Å². The summed E-state index contributed by atoms with van der Waals surface area (Å²) in [5.41, 5.74) is 2.58. The number of carbonyl (C=O) groups excluding carboxylic acids is 2. The van der Waals surface area contributed by atoms with Gasteiger partial charge in [-0.3, -0.25) is 9.59 Å². The molecule has 0 unspecified atom stereocenters. The lowest BCUT2D eigenvalue weighted by Gasteiger charge is -2.41. The van der Waals surface area contributed by atoms with E-state index in [-0.39, 0.29) is 11.8 Å². The second-order valence-corrected chi connectivity index (χ2v) is 7.30. The van der Waals surface area contributed by atoms with E-state index in [0.717, 1.165) is 11.1 Å². The van der Waals surface area contributed by atoms with Crippen molar-refractivity contribution in [3.05, 3.63) is 70.8 Å². The van der Waals surface area contributed by atoms with Gasteiger partial charge >= 0.3 is 0 Å². The van der Waals surface area contributed by atoms with Gasteiger partial charge in [-0.15, -0.1) is 0 Å². The van der Waals surface area contributed by atoms with Gasteiger partial charge in [0.25, 0.3) is 11.8 Å². The Morgan fingerprint density at radius 1 is 0.840 bits per heavy atom. The minimum atomic E-state index is -0.547. The minimum absolute atomic E-state index is 0.187. The predicted molar refractivity (Wildman–Crippen MR) is 100 cm³/mol. The molecule has 132 valence electrons. The molecular formula is C21H26N2O2. The van der Waals surface area contributed by atoms with Gasteiger partial charge in [0, 0.05) is 18.2 Å². The zero-order valence-electron chi connectivity index (χ0n) is 15.8. The molecule has 2 rings (SSSR count). The molecule has 0 bridgehead atoms. The third-order valence-corrected chi connectivity index (χ3v) is 4.10. The van der Waals surface area contributed by atoms with E-state index in [1.807, 2.05) is 65.0 Å². The lowest BCUT2D eigenvalue weighted by atomic mass is 10.0. The molecule has 2 aromatic rings. The van der Waals surface area contributed by atoms with Crippen LogP contribution in [0, 0.1) is 13.8 Å². The number of aryl methyl sites for hydroxylation is 2. The summed E-state index contributed by atoms with van der Waals surface area (Å²) in [7, 11) is 1.64. The van der Waals surface area contributed by atoms with Crippen molar-refractivity contribution in [2.75, 3.05) is 7.05 Å². The van der Waals surface area contributed by atoms with Crippen LogP contribution in [0.4, 0.5) is 0 Å². The zero-order chi connectivity index (χ0) is 18.8. The van der Waals surface area contributed by atoms with Gasteiger partial charge in [-0.2, -0.15) is 0 Å². The molecule has 4 nitrogen and oxygen atoms in total. The number of hydrogen-bond donors (Lipinski definition) is 0. The second kappa shape index (κ2) is 7.09. The zero-order valence-corrected chi connectivity index (χ0v) is 15.8. The Kier molecular flexibility index (Phi) is 5.31. The average Bonchev–Trinajstić information content (AvgIpc) is 2.54. The van der Waals surface area contributed by atoms with Gasteiger partial charge in [-0.1, -0.05) is 35.9 Å². The van der Waals surface area contributed by atoms with E-state index >= 15 is 0 Å². The molecule has 0 spiro atoms. The molecule has 0 fully saturated rings. The monoisotopic (exact) mass is 338 g/mol. The highest BCUT2D eigenvalue weighted by atomic mass is 16.2. The number of hydrazine groups is 1. The highest BCUT2D eigenvalue weighted by Gasteiger charge is 2.34. The van der Waals surface area contributed by atoms with Gasteiger partial charge < -0.3 is 0 Å². The van der Waals surface area contributed by atoms with Gasteiger partial charge in [0.2, 0.25) is 0 Å². The van der Waals surface area contributed by atoms with Crippen LogP contribution in [0.5, 0.6) is 0 Å². The van der Waals surface area contributed by atoms with Crippen LogP contribution >= 0.6 is 0 Å². The van der Waals surface area contributed by atoms with Crippen LogP contribution in [-0.2, 0) is 0 Å². The van der Waals surface area contributed by atoms with Crippen molar-refractivity contribution >= 4 is 11.8 Å². The summed E-state index contributed by atoms with van der Waals surface area (Å²) in [6, 6.07) is 14.8. The molecule has 0 N–H and O–H groups in total. The van der Waals surface area contributed by atoms with Crippen molar-refractivity contribution < 1.29 is 9.59 Å².